The molecule has 4 rings (SSSR count). The average molecular weight is 871 g/mol. The summed E-state index contributed by atoms with van der Waals surface area (Å²) in [6.45, 7) is 6.52. The number of hydrogen-bond donors (Lipinski definition) is 12. The van der Waals surface area contributed by atoms with E-state index in [-0.39, 0.29) is 50.5 Å². The van der Waals surface area contributed by atoms with E-state index in [4.69, 9.17) is 11.1 Å². The van der Waals surface area contributed by atoms with Crippen molar-refractivity contribution in [3.05, 3.63) is 90.1 Å². The zero-order valence-electron chi connectivity index (χ0n) is 35.7. The number of aromatic nitrogens is 3. The van der Waals surface area contributed by atoms with Crippen LogP contribution in [-0.2, 0) is 52.8 Å². The Morgan fingerprint density at radius 2 is 1.30 bits per heavy atom. The van der Waals surface area contributed by atoms with Crippen LogP contribution in [0.2, 0.25) is 0 Å². The zero-order valence-corrected chi connectivity index (χ0v) is 35.7. The van der Waals surface area contributed by atoms with Gasteiger partial charge in [-0.2, -0.15) is 0 Å². The Morgan fingerprint density at radius 3 is 1.90 bits per heavy atom. The minimum absolute atomic E-state index is 0.00255. The van der Waals surface area contributed by atoms with Crippen molar-refractivity contribution in [1.29, 1.82) is 5.41 Å². The Morgan fingerprint density at radius 1 is 0.714 bits per heavy atom. The monoisotopic (exact) mass is 870 g/mol. The number of carboxylic acid groups (broad SMARTS) is 1. The molecule has 0 saturated heterocycles. The predicted molar refractivity (Wildman–Crippen MR) is 234 cm³/mol. The SMILES string of the molecule is CC(=O)N[C@@H](CCCNC(=N)N)C(=O)N[C@@H](Cc1ccccc1)C(=O)N[C@@H](Cc1c[nH]c2ccccc12)C(=O)N[C@@H](Cc1c[nH]cn1)C(=O)N[C@@H](C)C(=O)N[C@@H](CC(C)C)C(=O)O. The van der Waals surface area contributed by atoms with Crippen molar-refractivity contribution in [3.8, 4) is 0 Å². The minimum atomic E-state index is -1.33. The van der Waals surface area contributed by atoms with Crippen LogP contribution in [0.5, 0.6) is 0 Å². The summed E-state index contributed by atoms with van der Waals surface area (Å²) < 4.78 is 0. The lowest BCUT2D eigenvalue weighted by Crippen LogP contribution is -2.60. The molecule has 63 heavy (non-hydrogen) atoms. The average Bonchev–Trinajstić information content (AvgIpc) is 3.90. The standard InChI is InChI=1S/C43H58N12O8/c1-24(2)17-36(42(62)63)55-37(57)25(3)50-39(59)35(20-29-22-46-23-49-29)54-41(61)34(19-28-21-48-31-14-9-8-13-30(28)31)53-40(60)33(18-27-11-6-5-7-12-27)52-38(58)32(51-26(4)56)15-10-16-47-43(44)45/h5-9,11-14,21-25,32-36,48H,10,15-20H2,1-4H3,(H,46,49)(H,50,59)(H,51,56)(H,52,58)(H,53,60)(H,54,61)(H,55,57)(H,62,63)(H4,44,45,47)/t25-,32-,33-,34-,35-,36-/m0/s1. The number of amides is 6. The Labute approximate surface area is 364 Å². The number of aromatic amines is 2. The van der Waals surface area contributed by atoms with E-state index in [0.29, 0.717) is 23.2 Å². The van der Waals surface area contributed by atoms with Crippen LogP contribution in [-0.4, -0.2) is 110 Å². The molecule has 2 aromatic heterocycles. The number of carbonyl (C=O) groups is 7. The molecule has 13 N–H and O–H groups in total. The maximum Gasteiger partial charge on any atom is 0.326 e. The van der Waals surface area contributed by atoms with E-state index in [0.717, 1.165) is 10.9 Å². The van der Waals surface area contributed by atoms with Crippen molar-refractivity contribution < 1.29 is 38.7 Å². The van der Waals surface area contributed by atoms with Crippen LogP contribution >= 0.6 is 0 Å². The van der Waals surface area contributed by atoms with Gasteiger partial charge in [-0.1, -0.05) is 62.4 Å². The molecule has 0 unspecified atom stereocenters. The summed E-state index contributed by atoms with van der Waals surface area (Å²) in [5.74, 6) is -5.69. The highest BCUT2D eigenvalue weighted by Gasteiger charge is 2.33. The van der Waals surface area contributed by atoms with Gasteiger partial charge in [0, 0.05) is 56.0 Å². The zero-order chi connectivity index (χ0) is 46.1. The topological polar surface area (TPSA) is 318 Å². The number of H-pyrrole nitrogens is 2. The van der Waals surface area contributed by atoms with E-state index in [1.165, 1.54) is 26.4 Å². The number of nitrogens with zero attached hydrogens (tertiary/aromatic N) is 1. The molecule has 6 amide bonds. The van der Waals surface area contributed by atoms with Gasteiger partial charge in [0.15, 0.2) is 5.96 Å². The third-order valence-electron chi connectivity index (χ3n) is 10.0. The fourth-order valence-electron chi connectivity index (χ4n) is 6.84. The number of rotatable bonds is 24. The second-order valence-corrected chi connectivity index (χ2v) is 15.7. The number of para-hydroxylation sites is 1. The van der Waals surface area contributed by atoms with E-state index in [1.807, 2.05) is 38.1 Å². The van der Waals surface area contributed by atoms with Crippen molar-refractivity contribution >= 4 is 58.3 Å². The number of nitrogens with two attached hydrogens (primary N) is 1. The molecule has 0 spiro atoms. The summed E-state index contributed by atoms with van der Waals surface area (Å²) in [5.41, 5.74) is 7.89. The number of fused-ring (bicyclic) bond motifs is 1. The lowest BCUT2D eigenvalue weighted by molar-refractivity contribution is -0.142. The number of benzene rings is 2. The second-order valence-electron chi connectivity index (χ2n) is 15.7. The summed E-state index contributed by atoms with van der Waals surface area (Å²) in [5, 5.41) is 36.4. The first-order valence-electron chi connectivity index (χ1n) is 20.7. The predicted octanol–water partition coefficient (Wildman–Crippen LogP) is 0.261. The fraction of sp³-hybridized carbons (Fsp3) is 0.419. The van der Waals surface area contributed by atoms with Crippen molar-refractivity contribution in [2.45, 2.75) is 102 Å². The number of guanidine groups is 1. The second kappa shape index (κ2) is 23.7. The van der Waals surface area contributed by atoms with Gasteiger partial charge in [0.25, 0.3) is 0 Å². The lowest BCUT2D eigenvalue weighted by Gasteiger charge is -2.27. The molecule has 0 radical (unpaired) electrons. The van der Waals surface area contributed by atoms with Crippen LogP contribution in [0.25, 0.3) is 10.9 Å². The van der Waals surface area contributed by atoms with Crippen molar-refractivity contribution in [2.75, 3.05) is 6.54 Å². The van der Waals surface area contributed by atoms with E-state index in [2.05, 4.69) is 52.2 Å². The van der Waals surface area contributed by atoms with E-state index < -0.39 is 77.7 Å². The Balaban J connectivity index is 1.63. The number of aliphatic carboxylic acids is 1. The largest absolute Gasteiger partial charge is 0.480 e. The van der Waals surface area contributed by atoms with Crippen LogP contribution in [0.4, 0.5) is 0 Å². The van der Waals surface area contributed by atoms with Gasteiger partial charge in [-0.3, -0.25) is 34.2 Å². The molecular weight excluding hydrogens is 813 g/mol. The highest BCUT2D eigenvalue weighted by Crippen LogP contribution is 2.20. The summed E-state index contributed by atoms with van der Waals surface area (Å²) in [6, 6.07) is 8.87. The first-order chi connectivity index (χ1) is 30.0. The molecule has 0 saturated carbocycles. The highest BCUT2D eigenvalue weighted by molar-refractivity contribution is 5.97. The molecule has 0 aliphatic rings. The van der Waals surface area contributed by atoms with Gasteiger partial charge >= 0.3 is 5.97 Å². The number of carboxylic acids is 1. The van der Waals surface area contributed by atoms with Gasteiger partial charge < -0.3 is 58.0 Å². The quantitative estimate of drug-likeness (QED) is 0.0258. The molecule has 20 nitrogen and oxygen atoms in total. The lowest BCUT2D eigenvalue weighted by atomic mass is 10.0. The molecule has 2 aromatic carbocycles. The molecule has 338 valence electrons. The van der Waals surface area contributed by atoms with Crippen molar-refractivity contribution in [2.24, 2.45) is 11.7 Å². The smallest absolute Gasteiger partial charge is 0.326 e. The highest BCUT2D eigenvalue weighted by atomic mass is 16.4. The van der Waals surface area contributed by atoms with Crippen molar-refractivity contribution in [1.82, 2.24) is 52.2 Å². The summed E-state index contributed by atoms with van der Waals surface area (Å²) in [7, 11) is 0. The molecule has 0 bridgehead atoms. The maximum absolute atomic E-state index is 14.5. The molecule has 6 atom stereocenters. The van der Waals surface area contributed by atoms with Crippen LogP contribution < -0.4 is 43.0 Å². The summed E-state index contributed by atoms with van der Waals surface area (Å²) in [4.78, 5) is 104. The molecule has 20 heteroatoms. The van der Waals surface area contributed by atoms with Gasteiger partial charge in [-0.05, 0) is 49.3 Å². The molecular formula is C43H58N12O8. The Hall–Kier alpha value is -7.25. The molecule has 2 heterocycles. The molecule has 0 aliphatic heterocycles. The normalized spacial score (nSPS) is 13.9. The van der Waals surface area contributed by atoms with Gasteiger partial charge in [-0.25, -0.2) is 9.78 Å². The summed E-state index contributed by atoms with van der Waals surface area (Å²) >= 11 is 0. The van der Waals surface area contributed by atoms with Gasteiger partial charge in [0.05, 0.1) is 12.0 Å². The molecule has 0 aliphatic carbocycles. The van der Waals surface area contributed by atoms with Gasteiger partial charge in [0.2, 0.25) is 35.4 Å². The maximum atomic E-state index is 14.5. The number of carbonyl (C=O) groups excluding carboxylic acids is 6. The number of imidazole rings is 1. The number of hydrogen-bond acceptors (Lipinski definition) is 9. The summed E-state index contributed by atoms with van der Waals surface area (Å²) in [6.07, 6.45) is 5.09. The van der Waals surface area contributed by atoms with Crippen LogP contribution in [0.1, 0.15) is 63.8 Å². The molecule has 0 fully saturated rings. The third kappa shape index (κ3) is 15.6. The van der Waals surface area contributed by atoms with Crippen molar-refractivity contribution in [3.63, 3.8) is 0 Å². The van der Waals surface area contributed by atoms with Gasteiger partial charge in [0.1, 0.15) is 36.3 Å². The van der Waals surface area contributed by atoms with E-state index in [1.54, 1.807) is 36.5 Å². The van der Waals surface area contributed by atoms with Crippen LogP contribution in [0, 0.1) is 11.3 Å². The first-order valence-corrected chi connectivity index (χ1v) is 20.7. The number of nitrogens with one attached hydrogen (secondary N) is 10. The third-order valence-corrected chi connectivity index (χ3v) is 10.0. The minimum Gasteiger partial charge on any atom is -0.480 e. The Bertz CT molecular complexity index is 2190. The fourth-order valence-corrected chi connectivity index (χ4v) is 6.84. The van der Waals surface area contributed by atoms with E-state index >= 15 is 0 Å². The van der Waals surface area contributed by atoms with Crippen LogP contribution in [0.3, 0.4) is 0 Å². The first kappa shape index (κ1) is 48.4. The van der Waals surface area contributed by atoms with E-state index in [9.17, 15) is 38.7 Å². The molecule has 4 aromatic rings. The van der Waals surface area contributed by atoms with Crippen LogP contribution in [0.15, 0.2) is 73.3 Å². The van der Waals surface area contributed by atoms with Gasteiger partial charge in [-0.15, -0.1) is 0 Å². The Kier molecular flexibility index (Phi) is 18.2.